The summed E-state index contributed by atoms with van der Waals surface area (Å²) in [6.45, 7) is 6.86. The molecule has 264 valence electrons. The third-order valence-electron chi connectivity index (χ3n) is 9.37. The Bertz CT molecular complexity index is 1480. The van der Waals surface area contributed by atoms with Crippen LogP contribution in [0.2, 0.25) is 5.02 Å². The number of nitrogens with zero attached hydrogens (tertiary/aromatic N) is 2. The van der Waals surface area contributed by atoms with Crippen molar-refractivity contribution in [3.8, 4) is 5.75 Å². The van der Waals surface area contributed by atoms with Crippen LogP contribution in [0.5, 0.6) is 5.75 Å². The molecule has 13 nitrogen and oxygen atoms in total. The SMILES string of the molecule is CCC(=O)N(C)[C@@H](C)C(=O)O[C@H]1CC(=O)N(C)c2cc(cc(OC)c2Cl)C/C(C)=C/C=C/[C@@H](OC)[C@@]2(O)C[C@@H](C[C@@H]3O[C@@]13C)OC(=O)N2. The van der Waals surface area contributed by atoms with Crippen molar-refractivity contribution in [3.63, 3.8) is 0 Å². The van der Waals surface area contributed by atoms with E-state index < -0.39 is 59.8 Å². The predicted octanol–water partition coefficient (Wildman–Crippen LogP) is 3.68. The first-order valence-electron chi connectivity index (χ1n) is 15.9. The number of allylic oxidation sites excluding steroid dienone is 3. The lowest BCUT2D eigenvalue weighted by molar-refractivity contribution is -0.161. The molecule has 3 aliphatic heterocycles. The van der Waals surface area contributed by atoms with Crippen molar-refractivity contribution >= 4 is 41.2 Å². The third kappa shape index (κ3) is 7.96. The summed E-state index contributed by atoms with van der Waals surface area (Å²) in [6.07, 6.45) is 1.47. The van der Waals surface area contributed by atoms with Gasteiger partial charge in [-0.15, -0.1) is 0 Å². The number of esters is 1. The van der Waals surface area contributed by atoms with E-state index in [1.54, 1.807) is 52.1 Å². The van der Waals surface area contributed by atoms with Crippen LogP contribution in [0.15, 0.2) is 35.9 Å². The van der Waals surface area contributed by atoms with E-state index in [4.69, 9.17) is 35.3 Å². The molecular formula is C34H46ClN3O10. The van der Waals surface area contributed by atoms with Gasteiger partial charge in [-0.3, -0.25) is 14.9 Å². The number of epoxide rings is 1. The third-order valence-corrected chi connectivity index (χ3v) is 9.75. The number of nitrogens with one attached hydrogen (secondary N) is 1. The van der Waals surface area contributed by atoms with Crippen LogP contribution in [-0.4, -0.2) is 104 Å². The van der Waals surface area contributed by atoms with Gasteiger partial charge in [-0.2, -0.15) is 0 Å². The van der Waals surface area contributed by atoms with Crippen molar-refractivity contribution in [2.75, 3.05) is 33.2 Å². The van der Waals surface area contributed by atoms with Gasteiger partial charge in [0.05, 0.1) is 25.3 Å². The molecule has 0 spiro atoms. The summed E-state index contributed by atoms with van der Waals surface area (Å²) in [5.74, 6) is -1.01. The number of carbonyl (C=O) groups is 4. The summed E-state index contributed by atoms with van der Waals surface area (Å²) >= 11 is 6.70. The monoisotopic (exact) mass is 691 g/mol. The van der Waals surface area contributed by atoms with Crippen LogP contribution >= 0.6 is 11.6 Å². The van der Waals surface area contributed by atoms with E-state index >= 15 is 0 Å². The number of fused-ring (bicyclic) bond motifs is 5. The number of methoxy groups -OCH3 is 2. The minimum absolute atomic E-state index is 0.0303. The Balaban J connectivity index is 1.76. The first-order chi connectivity index (χ1) is 22.6. The number of hydrogen-bond donors (Lipinski definition) is 2. The molecule has 2 N–H and O–H groups in total. The van der Waals surface area contributed by atoms with E-state index in [1.165, 1.54) is 31.1 Å². The van der Waals surface area contributed by atoms with Crippen LogP contribution in [-0.2, 0) is 39.8 Å². The highest BCUT2D eigenvalue weighted by Crippen LogP contribution is 2.47. The zero-order valence-electron chi connectivity index (χ0n) is 28.7. The molecule has 4 rings (SSSR count). The molecule has 0 aromatic heterocycles. The Morgan fingerprint density at radius 2 is 1.98 bits per heavy atom. The molecule has 2 fully saturated rings. The lowest BCUT2D eigenvalue weighted by Crippen LogP contribution is -2.62. The average Bonchev–Trinajstić information content (AvgIpc) is 3.69. The van der Waals surface area contributed by atoms with Gasteiger partial charge in [-0.05, 0) is 44.9 Å². The van der Waals surface area contributed by atoms with Gasteiger partial charge in [0.15, 0.2) is 5.72 Å². The number of halogens is 1. The molecule has 48 heavy (non-hydrogen) atoms. The molecule has 0 aliphatic carbocycles. The second-order valence-electron chi connectivity index (χ2n) is 12.8. The van der Waals surface area contributed by atoms with Crippen molar-refractivity contribution in [2.24, 2.45) is 0 Å². The van der Waals surface area contributed by atoms with Crippen LogP contribution in [0.1, 0.15) is 58.9 Å². The lowest BCUT2D eigenvalue weighted by Gasteiger charge is -2.40. The molecule has 4 bridgehead atoms. The average molecular weight is 692 g/mol. The van der Waals surface area contributed by atoms with E-state index in [9.17, 15) is 24.3 Å². The minimum atomic E-state index is -1.80. The molecule has 0 saturated carbocycles. The van der Waals surface area contributed by atoms with Crippen LogP contribution in [0.25, 0.3) is 0 Å². The highest BCUT2D eigenvalue weighted by atomic mass is 35.5. The summed E-state index contributed by atoms with van der Waals surface area (Å²) in [5.41, 5.74) is -0.818. The van der Waals surface area contributed by atoms with E-state index in [1.807, 2.05) is 13.0 Å². The summed E-state index contributed by atoms with van der Waals surface area (Å²) in [5, 5.41) is 14.3. The molecule has 3 heterocycles. The second kappa shape index (κ2) is 14.9. The van der Waals surface area contributed by atoms with Gasteiger partial charge >= 0.3 is 12.1 Å². The topological polar surface area (TPSA) is 156 Å². The quantitative estimate of drug-likeness (QED) is 0.333. The summed E-state index contributed by atoms with van der Waals surface area (Å²) < 4.78 is 28.7. The van der Waals surface area contributed by atoms with Crippen molar-refractivity contribution in [2.45, 2.75) is 102 Å². The van der Waals surface area contributed by atoms with Crippen LogP contribution < -0.4 is 15.0 Å². The summed E-state index contributed by atoms with van der Waals surface area (Å²) in [7, 11) is 6.00. The highest BCUT2D eigenvalue weighted by Gasteiger charge is 2.61. The number of ether oxygens (including phenoxy) is 5. The maximum atomic E-state index is 13.9. The number of rotatable bonds is 6. The fourth-order valence-electron chi connectivity index (χ4n) is 6.11. The molecule has 2 saturated heterocycles. The molecule has 1 aromatic carbocycles. The standard InChI is InChI=1S/C34H46ClN3O10/c1-9-28(39)37(5)20(3)31(41)47-26-17-29(40)38(6)23-14-21(15-24(44-7)30(23)35)13-19(2)11-10-12-25(45-8)34(43)18-22(46-32(42)36-34)16-27-33(26,4)48-27/h10-12,14-15,20,22,25-27,43H,9,13,16-18H2,1-8H3,(H,36,42)/b12-10+,19-11+/t20-,22+,25+,26-,27-,33-,34-/m0/s1. The number of carbonyl (C=O) groups excluding carboxylic acids is 4. The Morgan fingerprint density at radius 1 is 1.27 bits per heavy atom. The normalized spacial score (nSPS) is 31.6. The highest BCUT2D eigenvalue weighted by molar-refractivity contribution is 6.35. The first kappa shape index (κ1) is 37.2. The Hall–Kier alpha value is -3.65. The number of hydrogen-bond acceptors (Lipinski definition) is 10. The van der Waals surface area contributed by atoms with Crippen LogP contribution in [0.3, 0.4) is 0 Å². The Labute approximate surface area is 286 Å². The van der Waals surface area contributed by atoms with Crippen molar-refractivity contribution in [3.05, 3.63) is 46.5 Å². The summed E-state index contributed by atoms with van der Waals surface area (Å²) in [4.78, 5) is 55.0. The fraction of sp³-hybridized carbons (Fsp3) is 0.588. The molecule has 14 heteroatoms. The summed E-state index contributed by atoms with van der Waals surface area (Å²) in [6, 6.07) is 2.64. The zero-order valence-corrected chi connectivity index (χ0v) is 29.5. The van der Waals surface area contributed by atoms with Gasteiger partial charge in [0.25, 0.3) is 0 Å². The van der Waals surface area contributed by atoms with E-state index in [0.29, 0.717) is 17.9 Å². The number of likely N-dealkylation sites (N-methyl/N-ethyl adjacent to an activating group) is 1. The minimum Gasteiger partial charge on any atom is -0.495 e. The maximum absolute atomic E-state index is 13.9. The smallest absolute Gasteiger partial charge is 0.409 e. The molecule has 7 atom stereocenters. The first-order valence-corrected chi connectivity index (χ1v) is 16.3. The molecule has 0 radical (unpaired) electrons. The number of alkyl carbamates (subject to hydrolysis) is 1. The molecule has 0 unspecified atom stereocenters. The second-order valence-corrected chi connectivity index (χ2v) is 13.2. The van der Waals surface area contributed by atoms with Gasteiger partial charge in [0.2, 0.25) is 11.8 Å². The van der Waals surface area contributed by atoms with E-state index in [-0.39, 0.29) is 36.6 Å². The van der Waals surface area contributed by atoms with Crippen LogP contribution in [0, 0.1) is 0 Å². The van der Waals surface area contributed by atoms with Gasteiger partial charge in [-0.25, -0.2) is 9.59 Å². The zero-order chi connectivity index (χ0) is 35.6. The predicted molar refractivity (Wildman–Crippen MR) is 177 cm³/mol. The number of benzene rings is 1. The van der Waals surface area contributed by atoms with E-state index in [0.717, 1.165) is 11.1 Å². The van der Waals surface area contributed by atoms with Gasteiger partial charge in [0.1, 0.15) is 40.7 Å². The number of aliphatic hydroxyl groups is 1. The molecule has 1 aromatic rings. The maximum Gasteiger partial charge on any atom is 0.409 e. The molecule has 3 amide bonds. The fourth-order valence-corrected chi connectivity index (χ4v) is 6.43. The lowest BCUT2D eigenvalue weighted by atomic mass is 9.90. The van der Waals surface area contributed by atoms with Gasteiger partial charge in [-0.1, -0.05) is 42.3 Å². The van der Waals surface area contributed by atoms with E-state index in [2.05, 4.69) is 5.32 Å². The van der Waals surface area contributed by atoms with Crippen LogP contribution in [0.4, 0.5) is 10.5 Å². The van der Waals surface area contributed by atoms with Crippen molar-refractivity contribution < 1.29 is 48.0 Å². The number of anilines is 1. The largest absolute Gasteiger partial charge is 0.495 e. The Kier molecular flexibility index (Phi) is 11.5. The molecular weight excluding hydrogens is 646 g/mol. The molecule has 3 aliphatic rings. The van der Waals surface area contributed by atoms with Crippen molar-refractivity contribution in [1.82, 2.24) is 10.2 Å². The Morgan fingerprint density at radius 3 is 2.62 bits per heavy atom. The van der Waals surface area contributed by atoms with Crippen molar-refractivity contribution in [1.29, 1.82) is 0 Å². The number of amides is 3. The van der Waals surface area contributed by atoms with Gasteiger partial charge in [0, 0.05) is 40.5 Å². The van der Waals surface area contributed by atoms with Gasteiger partial charge < -0.3 is 38.6 Å².